The fraction of sp³-hybridized carbons (Fsp3) is 0.625. The third-order valence-electron chi connectivity index (χ3n) is 5.21. The lowest BCUT2D eigenvalue weighted by atomic mass is 9.66. The normalized spacial score (nSPS) is 33.6. The topological polar surface area (TPSA) is 29.5 Å². The largest absolute Gasteiger partial charge is 0.396 e. The number of hydrogen-bond donors (Lipinski definition) is 1. The maximum Gasteiger partial charge on any atom is 0.0571 e. The minimum atomic E-state index is 0.265. The van der Waals surface area contributed by atoms with E-state index in [0.717, 1.165) is 23.7 Å². The van der Waals surface area contributed by atoms with Crippen molar-refractivity contribution in [2.24, 2.45) is 5.41 Å². The number of aliphatic hydroxyl groups excluding tert-OH is 1. The average Bonchev–Trinajstić information content (AvgIpc) is 2.72. The summed E-state index contributed by atoms with van der Waals surface area (Å²) in [6.07, 6.45) is 6.13. The Hall–Kier alpha value is -0.380. The van der Waals surface area contributed by atoms with E-state index in [4.69, 9.17) is 4.74 Å². The van der Waals surface area contributed by atoms with Crippen LogP contribution in [-0.2, 0) is 11.2 Å². The molecule has 2 nitrogen and oxygen atoms in total. The summed E-state index contributed by atoms with van der Waals surface area (Å²) < 4.78 is 6.61. The molecule has 0 aromatic heterocycles. The van der Waals surface area contributed by atoms with E-state index in [2.05, 4.69) is 34.1 Å². The molecule has 1 saturated carbocycles. The number of ether oxygens (including phenoxy) is 1. The van der Waals surface area contributed by atoms with Crippen LogP contribution in [0.25, 0.3) is 0 Å². The summed E-state index contributed by atoms with van der Waals surface area (Å²) in [5.41, 5.74) is 3.05. The van der Waals surface area contributed by atoms with E-state index in [0.29, 0.717) is 12.0 Å². The lowest BCUT2D eigenvalue weighted by molar-refractivity contribution is 0.0119. The first-order valence-corrected chi connectivity index (χ1v) is 7.90. The van der Waals surface area contributed by atoms with Gasteiger partial charge in [0.2, 0.25) is 0 Å². The van der Waals surface area contributed by atoms with Gasteiger partial charge in [0.15, 0.2) is 0 Å². The van der Waals surface area contributed by atoms with Crippen molar-refractivity contribution in [1.29, 1.82) is 0 Å². The van der Waals surface area contributed by atoms with Crippen molar-refractivity contribution in [2.75, 3.05) is 13.7 Å². The van der Waals surface area contributed by atoms with Gasteiger partial charge in [-0.25, -0.2) is 0 Å². The Morgan fingerprint density at radius 3 is 2.74 bits per heavy atom. The summed E-state index contributed by atoms with van der Waals surface area (Å²) in [4.78, 5) is 0. The molecule has 3 rings (SSSR count). The second-order valence-corrected chi connectivity index (χ2v) is 6.97. The monoisotopic (exact) mass is 324 g/mol. The minimum Gasteiger partial charge on any atom is -0.396 e. The van der Waals surface area contributed by atoms with Crippen LogP contribution in [0.2, 0.25) is 0 Å². The van der Waals surface area contributed by atoms with Crippen LogP contribution in [0.1, 0.15) is 42.7 Å². The predicted octanol–water partition coefficient (Wildman–Crippen LogP) is 3.66. The second kappa shape index (κ2) is 5.19. The molecule has 2 aliphatic rings. The first-order chi connectivity index (χ1) is 9.18. The standard InChI is InChI=1S/C16H21BrO2/c1-19-13-4-6-16(7-5-13)9-11-2-3-12(17)8-14(11)15(16)10-18/h2-3,8,13,15,18H,4-7,9-10H2,1H3. The van der Waals surface area contributed by atoms with Crippen LogP contribution in [0.3, 0.4) is 0 Å². The van der Waals surface area contributed by atoms with Crippen molar-refractivity contribution in [3.63, 3.8) is 0 Å². The van der Waals surface area contributed by atoms with Crippen LogP contribution < -0.4 is 0 Å². The molecular formula is C16H21BrO2. The maximum atomic E-state index is 9.90. The fourth-order valence-electron chi connectivity index (χ4n) is 4.10. The summed E-state index contributed by atoms with van der Waals surface area (Å²) in [5.74, 6) is 0.304. The Morgan fingerprint density at radius 1 is 1.37 bits per heavy atom. The maximum absolute atomic E-state index is 9.90. The van der Waals surface area contributed by atoms with Gasteiger partial charge in [-0.15, -0.1) is 0 Å². The highest BCUT2D eigenvalue weighted by atomic mass is 79.9. The van der Waals surface area contributed by atoms with Gasteiger partial charge in [-0.05, 0) is 60.8 Å². The van der Waals surface area contributed by atoms with Gasteiger partial charge in [0.25, 0.3) is 0 Å². The van der Waals surface area contributed by atoms with Gasteiger partial charge in [0.1, 0.15) is 0 Å². The van der Waals surface area contributed by atoms with Gasteiger partial charge in [-0.3, -0.25) is 0 Å². The van der Waals surface area contributed by atoms with Crippen molar-refractivity contribution in [1.82, 2.24) is 0 Å². The van der Waals surface area contributed by atoms with Crippen molar-refractivity contribution in [3.05, 3.63) is 33.8 Å². The Balaban J connectivity index is 1.89. The van der Waals surface area contributed by atoms with Crippen molar-refractivity contribution in [3.8, 4) is 0 Å². The molecule has 1 unspecified atom stereocenters. The van der Waals surface area contributed by atoms with Gasteiger partial charge < -0.3 is 9.84 Å². The molecule has 19 heavy (non-hydrogen) atoms. The molecule has 0 heterocycles. The lowest BCUT2D eigenvalue weighted by Gasteiger charge is -2.41. The van der Waals surface area contributed by atoms with Crippen LogP contribution in [0, 0.1) is 5.41 Å². The quantitative estimate of drug-likeness (QED) is 0.899. The van der Waals surface area contributed by atoms with E-state index in [9.17, 15) is 5.11 Å². The van der Waals surface area contributed by atoms with Crippen LogP contribution in [0.4, 0.5) is 0 Å². The molecule has 1 fully saturated rings. The number of hydrogen-bond acceptors (Lipinski definition) is 2. The van der Waals surface area contributed by atoms with Gasteiger partial charge in [-0.2, -0.15) is 0 Å². The molecule has 1 atom stereocenters. The third kappa shape index (κ3) is 2.26. The number of aliphatic hydroxyl groups is 1. The van der Waals surface area contributed by atoms with Crippen molar-refractivity contribution >= 4 is 15.9 Å². The van der Waals surface area contributed by atoms with Crippen molar-refractivity contribution in [2.45, 2.75) is 44.1 Å². The van der Waals surface area contributed by atoms with E-state index < -0.39 is 0 Å². The Kier molecular flexibility index (Phi) is 3.71. The average molecular weight is 325 g/mol. The van der Waals surface area contributed by atoms with Gasteiger partial charge in [0, 0.05) is 17.5 Å². The molecule has 1 aromatic rings. The molecule has 2 aliphatic carbocycles. The minimum absolute atomic E-state index is 0.265. The molecule has 0 saturated heterocycles. The number of fused-ring (bicyclic) bond motifs is 1. The summed E-state index contributed by atoms with van der Waals surface area (Å²) >= 11 is 3.55. The molecule has 1 spiro atoms. The zero-order chi connectivity index (χ0) is 13.5. The summed E-state index contributed by atoms with van der Waals surface area (Å²) in [6.45, 7) is 0.265. The Bertz CT molecular complexity index is 464. The Labute approximate surface area is 123 Å². The molecule has 0 amide bonds. The molecule has 104 valence electrons. The summed E-state index contributed by atoms with van der Waals surface area (Å²) in [5, 5.41) is 9.90. The lowest BCUT2D eigenvalue weighted by Crippen LogP contribution is -2.35. The van der Waals surface area contributed by atoms with E-state index in [1.807, 2.05) is 7.11 Å². The summed E-state index contributed by atoms with van der Waals surface area (Å²) in [6, 6.07) is 6.54. The van der Waals surface area contributed by atoms with Gasteiger partial charge in [-0.1, -0.05) is 22.0 Å². The van der Waals surface area contributed by atoms with E-state index in [1.165, 1.54) is 24.0 Å². The number of rotatable bonds is 2. The van der Waals surface area contributed by atoms with E-state index in [-0.39, 0.29) is 12.0 Å². The highest BCUT2D eigenvalue weighted by Crippen LogP contribution is 2.55. The van der Waals surface area contributed by atoms with Crippen LogP contribution >= 0.6 is 15.9 Å². The predicted molar refractivity (Wildman–Crippen MR) is 79.4 cm³/mol. The second-order valence-electron chi connectivity index (χ2n) is 6.05. The Morgan fingerprint density at radius 2 is 2.11 bits per heavy atom. The van der Waals surface area contributed by atoms with Crippen LogP contribution in [0.15, 0.2) is 22.7 Å². The summed E-state index contributed by atoms with van der Waals surface area (Å²) in [7, 11) is 1.81. The zero-order valence-corrected chi connectivity index (χ0v) is 12.9. The fourth-order valence-corrected chi connectivity index (χ4v) is 4.48. The molecule has 0 bridgehead atoms. The molecule has 3 heteroatoms. The molecule has 0 radical (unpaired) electrons. The van der Waals surface area contributed by atoms with Gasteiger partial charge in [0.05, 0.1) is 12.7 Å². The third-order valence-corrected chi connectivity index (χ3v) is 5.70. The molecular weight excluding hydrogens is 304 g/mol. The zero-order valence-electron chi connectivity index (χ0n) is 11.4. The molecule has 0 aliphatic heterocycles. The van der Waals surface area contributed by atoms with Crippen LogP contribution in [0.5, 0.6) is 0 Å². The SMILES string of the molecule is COC1CCC2(CC1)Cc1ccc(Br)cc1C2CO. The highest BCUT2D eigenvalue weighted by molar-refractivity contribution is 9.10. The van der Waals surface area contributed by atoms with E-state index in [1.54, 1.807) is 0 Å². The van der Waals surface area contributed by atoms with Crippen molar-refractivity contribution < 1.29 is 9.84 Å². The number of halogens is 1. The van der Waals surface area contributed by atoms with Gasteiger partial charge >= 0.3 is 0 Å². The van der Waals surface area contributed by atoms with Crippen LogP contribution in [-0.4, -0.2) is 24.9 Å². The number of methoxy groups -OCH3 is 1. The first-order valence-electron chi connectivity index (χ1n) is 7.10. The molecule has 1 aromatic carbocycles. The van der Waals surface area contributed by atoms with E-state index >= 15 is 0 Å². The highest BCUT2D eigenvalue weighted by Gasteiger charge is 2.47. The molecule has 1 N–H and O–H groups in total. The number of benzene rings is 1. The smallest absolute Gasteiger partial charge is 0.0571 e. The first kappa shape index (κ1) is 13.6.